The van der Waals surface area contributed by atoms with Crippen molar-refractivity contribution in [3.8, 4) is 11.1 Å². The third kappa shape index (κ3) is 4.06. The minimum Gasteiger partial charge on any atom is -0.378 e. The Bertz CT molecular complexity index is 1150. The molecule has 3 aromatic rings. The number of nitrogens with zero attached hydrogens (tertiary/aromatic N) is 2. The van der Waals surface area contributed by atoms with Crippen molar-refractivity contribution in [3.63, 3.8) is 0 Å². The van der Waals surface area contributed by atoms with Crippen LogP contribution in [0, 0.1) is 19.7 Å². The van der Waals surface area contributed by atoms with Crippen LogP contribution in [0.2, 0.25) is 0 Å². The van der Waals surface area contributed by atoms with Crippen molar-refractivity contribution in [3.05, 3.63) is 65.1 Å². The van der Waals surface area contributed by atoms with Crippen molar-refractivity contribution >= 4 is 23.3 Å². The first-order valence-electron chi connectivity index (χ1n) is 9.91. The van der Waals surface area contributed by atoms with Crippen LogP contribution >= 0.6 is 0 Å². The third-order valence-electron chi connectivity index (χ3n) is 5.41. The molecule has 0 saturated carbocycles. The van der Waals surface area contributed by atoms with E-state index in [-0.39, 0.29) is 30.7 Å². The van der Waals surface area contributed by atoms with Gasteiger partial charge in [0.1, 0.15) is 17.7 Å². The molecule has 0 bridgehead atoms. The molecule has 0 fully saturated rings. The number of carbonyl (C=O) groups excluding carboxylic acids is 2. The van der Waals surface area contributed by atoms with Crippen LogP contribution < -0.4 is 10.6 Å². The van der Waals surface area contributed by atoms with Crippen molar-refractivity contribution in [1.29, 1.82) is 0 Å². The highest BCUT2D eigenvalue weighted by Gasteiger charge is 2.37. The highest BCUT2D eigenvalue weighted by Crippen LogP contribution is 2.39. The van der Waals surface area contributed by atoms with E-state index in [2.05, 4.69) is 15.7 Å². The lowest BCUT2D eigenvalue weighted by molar-refractivity contribution is -0.123. The highest BCUT2D eigenvalue weighted by molar-refractivity contribution is 6.04. The summed E-state index contributed by atoms with van der Waals surface area (Å²) >= 11 is 0. The average molecular weight is 422 g/mol. The fourth-order valence-electron chi connectivity index (χ4n) is 3.68. The molecule has 2 heterocycles. The molecule has 1 aliphatic rings. The van der Waals surface area contributed by atoms with Crippen molar-refractivity contribution in [2.45, 2.75) is 32.9 Å². The molecular weight excluding hydrogens is 399 g/mol. The van der Waals surface area contributed by atoms with Gasteiger partial charge >= 0.3 is 0 Å². The molecule has 1 unspecified atom stereocenters. The van der Waals surface area contributed by atoms with E-state index < -0.39 is 6.04 Å². The number of benzene rings is 2. The Morgan fingerprint density at radius 1 is 1.19 bits per heavy atom. The number of hydrogen-bond acceptors (Lipinski definition) is 4. The second-order valence-electron chi connectivity index (χ2n) is 7.61. The molecule has 1 aliphatic heterocycles. The molecule has 0 spiro atoms. The van der Waals surface area contributed by atoms with E-state index in [1.807, 2.05) is 32.0 Å². The maximum absolute atomic E-state index is 13.4. The van der Waals surface area contributed by atoms with Gasteiger partial charge in [0.15, 0.2) is 0 Å². The Kier molecular flexibility index (Phi) is 5.56. The van der Waals surface area contributed by atoms with Gasteiger partial charge in [-0.25, -0.2) is 9.07 Å². The summed E-state index contributed by atoms with van der Waals surface area (Å²) < 4.78 is 20.2. The zero-order valence-electron chi connectivity index (χ0n) is 17.5. The van der Waals surface area contributed by atoms with Gasteiger partial charge in [-0.15, -0.1) is 0 Å². The largest absolute Gasteiger partial charge is 0.378 e. The van der Waals surface area contributed by atoms with E-state index in [0.717, 1.165) is 11.1 Å². The number of carbonyl (C=O) groups is 2. The van der Waals surface area contributed by atoms with Gasteiger partial charge in [0, 0.05) is 18.4 Å². The molecule has 1 aromatic heterocycles. The standard InChI is InChI=1S/C23H23FN4O3/c1-13-4-9-17(10-14(13)2)25-20(29)11-19-23(30)26-22-21(15-5-7-16(24)8-6-15)18(12-31-3)27-28(19)22/h4-10,19H,11-12H2,1-3H3,(H,25,29)(H,26,30). The summed E-state index contributed by atoms with van der Waals surface area (Å²) in [6.45, 7) is 4.18. The summed E-state index contributed by atoms with van der Waals surface area (Å²) in [6.07, 6.45) is -0.0667. The van der Waals surface area contributed by atoms with Crippen LogP contribution in [0.25, 0.3) is 11.1 Å². The van der Waals surface area contributed by atoms with Crippen molar-refractivity contribution < 1.29 is 18.7 Å². The summed E-state index contributed by atoms with van der Waals surface area (Å²) in [4.78, 5) is 25.3. The fraction of sp³-hybridized carbons (Fsp3) is 0.261. The van der Waals surface area contributed by atoms with Crippen LogP contribution in [-0.2, 0) is 20.9 Å². The highest BCUT2D eigenvalue weighted by atomic mass is 19.1. The quantitative estimate of drug-likeness (QED) is 0.629. The van der Waals surface area contributed by atoms with Crippen LogP contribution in [0.5, 0.6) is 0 Å². The summed E-state index contributed by atoms with van der Waals surface area (Å²) in [6, 6.07) is 10.8. The van der Waals surface area contributed by atoms with Gasteiger partial charge in [0.2, 0.25) is 5.91 Å². The summed E-state index contributed by atoms with van der Waals surface area (Å²) in [5, 5.41) is 10.2. The molecule has 2 aromatic carbocycles. The number of methoxy groups -OCH3 is 1. The number of nitrogens with one attached hydrogen (secondary N) is 2. The van der Waals surface area contributed by atoms with E-state index in [0.29, 0.717) is 28.3 Å². The molecule has 0 saturated heterocycles. The second-order valence-corrected chi connectivity index (χ2v) is 7.61. The molecular formula is C23H23FN4O3. The maximum Gasteiger partial charge on any atom is 0.251 e. The maximum atomic E-state index is 13.4. The smallest absolute Gasteiger partial charge is 0.251 e. The number of rotatable bonds is 6. The molecule has 0 radical (unpaired) electrons. The Hall–Kier alpha value is -3.52. The lowest BCUT2D eigenvalue weighted by Crippen LogP contribution is -2.24. The van der Waals surface area contributed by atoms with Gasteiger partial charge in [0.25, 0.3) is 5.91 Å². The molecule has 4 rings (SSSR count). The number of halogens is 1. The van der Waals surface area contributed by atoms with Crippen molar-refractivity contribution in [2.75, 3.05) is 17.7 Å². The minimum absolute atomic E-state index is 0.0667. The summed E-state index contributed by atoms with van der Waals surface area (Å²) in [7, 11) is 1.55. The van der Waals surface area contributed by atoms with Crippen LogP contribution in [0.3, 0.4) is 0 Å². The van der Waals surface area contributed by atoms with Gasteiger partial charge in [0.05, 0.1) is 18.7 Å². The van der Waals surface area contributed by atoms with Crippen LogP contribution in [0.15, 0.2) is 42.5 Å². The zero-order chi connectivity index (χ0) is 22.1. The Labute approximate surface area is 179 Å². The number of anilines is 2. The first kappa shape index (κ1) is 20.7. The number of hydrogen-bond donors (Lipinski definition) is 2. The minimum atomic E-state index is -0.786. The number of ether oxygens (including phenoxy) is 1. The van der Waals surface area contributed by atoms with E-state index in [1.165, 1.54) is 16.8 Å². The van der Waals surface area contributed by atoms with E-state index in [9.17, 15) is 14.0 Å². The van der Waals surface area contributed by atoms with Gasteiger partial charge in [-0.3, -0.25) is 9.59 Å². The Morgan fingerprint density at radius 3 is 2.61 bits per heavy atom. The van der Waals surface area contributed by atoms with Gasteiger partial charge in [-0.2, -0.15) is 5.10 Å². The average Bonchev–Trinajstić information content (AvgIpc) is 3.21. The van der Waals surface area contributed by atoms with Crippen LogP contribution in [0.1, 0.15) is 29.3 Å². The number of amides is 2. The van der Waals surface area contributed by atoms with Crippen LogP contribution in [-0.4, -0.2) is 28.7 Å². The molecule has 31 heavy (non-hydrogen) atoms. The van der Waals surface area contributed by atoms with Gasteiger partial charge in [-0.05, 0) is 54.8 Å². The number of fused-ring (bicyclic) bond motifs is 1. The molecule has 1 atom stereocenters. The topological polar surface area (TPSA) is 85.2 Å². The number of aryl methyl sites for hydroxylation is 2. The second kappa shape index (κ2) is 8.31. The summed E-state index contributed by atoms with van der Waals surface area (Å²) in [5.41, 5.74) is 4.85. The monoisotopic (exact) mass is 422 g/mol. The Morgan fingerprint density at radius 2 is 1.94 bits per heavy atom. The summed E-state index contributed by atoms with van der Waals surface area (Å²) in [5.74, 6) is -0.480. The molecule has 7 nitrogen and oxygen atoms in total. The Balaban J connectivity index is 1.61. The predicted octanol–water partition coefficient (Wildman–Crippen LogP) is 3.97. The first-order chi connectivity index (χ1) is 14.9. The molecule has 2 N–H and O–H groups in total. The zero-order valence-corrected chi connectivity index (χ0v) is 17.5. The molecule has 8 heteroatoms. The van der Waals surface area contributed by atoms with Gasteiger partial charge < -0.3 is 15.4 Å². The third-order valence-corrected chi connectivity index (χ3v) is 5.41. The lowest BCUT2D eigenvalue weighted by Gasteiger charge is -2.11. The van der Waals surface area contributed by atoms with Crippen molar-refractivity contribution in [1.82, 2.24) is 9.78 Å². The van der Waals surface area contributed by atoms with Crippen LogP contribution in [0.4, 0.5) is 15.9 Å². The molecule has 0 aliphatic carbocycles. The van der Waals surface area contributed by atoms with Gasteiger partial charge in [-0.1, -0.05) is 18.2 Å². The SMILES string of the molecule is COCc1nn2c(c1-c1ccc(F)cc1)NC(=O)C2CC(=O)Nc1ccc(C)c(C)c1. The van der Waals surface area contributed by atoms with E-state index >= 15 is 0 Å². The van der Waals surface area contributed by atoms with E-state index in [4.69, 9.17) is 4.74 Å². The number of aromatic nitrogens is 2. The normalized spacial score (nSPS) is 15.0. The molecule has 2 amide bonds. The van der Waals surface area contributed by atoms with Crippen molar-refractivity contribution in [2.24, 2.45) is 0 Å². The fourth-order valence-corrected chi connectivity index (χ4v) is 3.68. The lowest BCUT2D eigenvalue weighted by atomic mass is 10.1. The van der Waals surface area contributed by atoms with E-state index in [1.54, 1.807) is 19.2 Å². The predicted molar refractivity (Wildman–Crippen MR) is 115 cm³/mol. The molecule has 160 valence electrons. The first-order valence-corrected chi connectivity index (χ1v) is 9.91.